The normalized spacial score (nSPS) is 21.9. The highest BCUT2D eigenvalue weighted by Crippen LogP contribution is 2.15. The van der Waals surface area contributed by atoms with Crippen LogP contribution in [0.25, 0.3) is 0 Å². The molecule has 0 aromatic rings. The van der Waals surface area contributed by atoms with Crippen LogP contribution in [0, 0.1) is 5.92 Å². The minimum Gasteiger partial charge on any atom is -0.357 e. The fourth-order valence-electron chi connectivity index (χ4n) is 2.94. The van der Waals surface area contributed by atoms with Gasteiger partial charge in [0.25, 0.3) is 0 Å². The van der Waals surface area contributed by atoms with Crippen LogP contribution in [0.1, 0.15) is 39.5 Å². The van der Waals surface area contributed by atoms with E-state index in [4.69, 9.17) is 4.99 Å². The van der Waals surface area contributed by atoms with Gasteiger partial charge in [0.2, 0.25) is 0 Å². The molecule has 1 N–H and O–H groups in total. The van der Waals surface area contributed by atoms with Crippen molar-refractivity contribution in [2.45, 2.75) is 39.5 Å². The lowest BCUT2D eigenvalue weighted by atomic mass is 9.99. The molecular formula is C15H31IN4. The number of piperidine rings is 1. The van der Waals surface area contributed by atoms with E-state index in [-0.39, 0.29) is 24.0 Å². The maximum absolute atomic E-state index is 4.80. The number of hydrogen-bond donors (Lipinski definition) is 1. The molecule has 0 aromatic heterocycles. The number of nitrogens with one attached hydrogen (secondary N) is 1. The van der Waals surface area contributed by atoms with Crippen LogP contribution in [0.4, 0.5) is 0 Å². The minimum absolute atomic E-state index is 0. The van der Waals surface area contributed by atoms with E-state index in [1.54, 1.807) is 0 Å². The van der Waals surface area contributed by atoms with Gasteiger partial charge in [-0.05, 0) is 51.6 Å². The third kappa shape index (κ3) is 5.76. The van der Waals surface area contributed by atoms with Gasteiger partial charge in [0.1, 0.15) is 0 Å². The zero-order valence-corrected chi connectivity index (χ0v) is 15.4. The van der Waals surface area contributed by atoms with Crippen LogP contribution in [0.15, 0.2) is 4.99 Å². The Balaban J connectivity index is 0.00000200. The van der Waals surface area contributed by atoms with Gasteiger partial charge in [0.05, 0.1) is 6.54 Å². The molecule has 0 aliphatic carbocycles. The number of nitrogens with zero attached hydrogens (tertiary/aromatic N) is 3. The van der Waals surface area contributed by atoms with Crippen molar-refractivity contribution in [3.05, 3.63) is 0 Å². The third-order valence-electron chi connectivity index (χ3n) is 4.29. The van der Waals surface area contributed by atoms with Crippen LogP contribution in [-0.2, 0) is 0 Å². The first-order valence-corrected chi connectivity index (χ1v) is 8.05. The quantitative estimate of drug-likeness (QED) is 0.451. The van der Waals surface area contributed by atoms with Gasteiger partial charge < -0.3 is 15.1 Å². The van der Waals surface area contributed by atoms with Gasteiger partial charge in [-0.1, -0.05) is 6.92 Å². The molecule has 0 spiro atoms. The van der Waals surface area contributed by atoms with Gasteiger partial charge >= 0.3 is 0 Å². The minimum atomic E-state index is 0. The van der Waals surface area contributed by atoms with E-state index in [0.29, 0.717) is 0 Å². The molecule has 2 aliphatic heterocycles. The molecule has 20 heavy (non-hydrogen) atoms. The van der Waals surface area contributed by atoms with E-state index in [1.165, 1.54) is 51.9 Å². The van der Waals surface area contributed by atoms with Crippen molar-refractivity contribution in [3.8, 4) is 0 Å². The van der Waals surface area contributed by atoms with Crippen LogP contribution in [-0.4, -0.2) is 61.6 Å². The zero-order chi connectivity index (χ0) is 13.5. The van der Waals surface area contributed by atoms with Crippen molar-refractivity contribution in [2.75, 3.05) is 45.8 Å². The van der Waals surface area contributed by atoms with E-state index < -0.39 is 0 Å². The second kappa shape index (κ2) is 9.82. The molecule has 2 saturated heterocycles. The number of rotatable bonds is 4. The zero-order valence-electron chi connectivity index (χ0n) is 13.1. The molecule has 2 fully saturated rings. The number of halogens is 1. The van der Waals surface area contributed by atoms with Crippen LogP contribution in [0.2, 0.25) is 0 Å². The summed E-state index contributed by atoms with van der Waals surface area (Å²) in [5, 5.41) is 3.43. The van der Waals surface area contributed by atoms with Crippen LogP contribution in [0.3, 0.4) is 0 Å². The van der Waals surface area contributed by atoms with Crippen molar-refractivity contribution in [1.82, 2.24) is 15.1 Å². The number of aliphatic imine (C=N–C) groups is 1. The standard InChI is InChI=1S/C15H30N4.HI/c1-3-16-15(19-9-4-5-10-19)17-8-13-18-11-6-14(2)7-12-18;/h14H,3-13H2,1-2H3,(H,16,17);1H. The Morgan fingerprint density at radius 2 is 1.80 bits per heavy atom. The van der Waals surface area contributed by atoms with E-state index in [1.807, 2.05) is 0 Å². The van der Waals surface area contributed by atoms with Crippen molar-refractivity contribution < 1.29 is 0 Å². The highest BCUT2D eigenvalue weighted by Gasteiger charge is 2.17. The molecule has 0 radical (unpaired) electrons. The fourth-order valence-corrected chi connectivity index (χ4v) is 2.94. The molecule has 5 heteroatoms. The Labute approximate surface area is 141 Å². The number of hydrogen-bond acceptors (Lipinski definition) is 2. The van der Waals surface area contributed by atoms with E-state index in [2.05, 4.69) is 29.0 Å². The molecule has 0 aromatic carbocycles. The van der Waals surface area contributed by atoms with Crippen molar-refractivity contribution in [3.63, 3.8) is 0 Å². The summed E-state index contributed by atoms with van der Waals surface area (Å²) in [5.41, 5.74) is 0. The van der Waals surface area contributed by atoms with Crippen LogP contribution < -0.4 is 5.32 Å². The molecule has 0 atom stereocenters. The SMILES string of the molecule is CCNC(=NCCN1CCC(C)CC1)N1CCCC1.I. The van der Waals surface area contributed by atoms with E-state index in [0.717, 1.165) is 31.5 Å². The summed E-state index contributed by atoms with van der Waals surface area (Å²) in [6, 6.07) is 0. The maximum Gasteiger partial charge on any atom is 0.193 e. The maximum atomic E-state index is 4.80. The predicted molar refractivity (Wildman–Crippen MR) is 97.0 cm³/mol. The Bertz CT molecular complexity index is 282. The third-order valence-corrected chi connectivity index (χ3v) is 4.29. The molecule has 0 saturated carbocycles. The van der Waals surface area contributed by atoms with Crippen molar-refractivity contribution in [1.29, 1.82) is 0 Å². The average Bonchev–Trinajstić information content (AvgIpc) is 2.94. The molecule has 0 amide bonds. The highest BCUT2D eigenvalue weighted by molar-refractivity contribution is 14.0. The average molecular weight is 394 g/mol. The second-order valence-corrected chi connectivity index (χ2v) is 5.95. The van der Waals surface area contributed by atoms with E-state index in [9.17, 15) is 0 Å². The summed E-state index contributed by atoms with van der Waals surface area (Å²) in [7, 11) is 0. The topological polar surface area (TPSA) is 30.9 Å². The molecule has 2 aliphatic rings. The van der Waals surface area contributed by atoms with Crippen molar-refractivity contribution in [2.24, 2.45) is 10.9 Å². The lowest BCUT2D eigenvalue weighted by Crippen LogP contribution is -2.40. The summed E-state index contributed by atoms with van der Waals surface area (Å²) in [6.45, 7) is 12.4. The fraction of sp³-hybridized carbons (Fsp3) is 0.933. The molecule has 2 heterocycles. The van der Waals surface area contributed by atoms with Crippen LogP contribution >= 0.6 is 24.0 Å². The first-order valence-electron chi connectivity index (χ1n) is 8.05. The number of guanidine groups is 1. The Morgan fingerprint density at radius 3 is 2.40 bits per heavy atom. The molecule has 0 unspecified atom stereocenters. The van der Waals surface area contributed by atoms with E-state index >= 15 is 0 Å². The largest absolute Gasteiger partial charge is 0.357 e. The highest BCUT2D eigenvalue weighted by atomic mass is 127. The molecule has 0 bridgehead atoms. The second-order valence-electron chi connectivity index (χ2n) is 5.95. The molecule has 118 valence electrons. The summed E-state index contributed by atoms with van der Waals surface area (Å²) >= 11 is 0. The predicted octanol–water partition coefficient (Wildman–Crippen LogP) is 2.40. The first kappa shape index (κ1) is 18.0. The Morgan fingerprint density at radius 1 is 1.15 bits per heavy atom. The van der Waals surface area contributed by atoms with Gasteiger partial charge in [-0.15, -0.1) is 24.0 Å². The van der Waals surface area contributed by atoms with Gasteiger partial charge in [-0.2, -0.15) is 0 Å². The lowest BCUT2D eigenvalue weighted by Gasteiger charge is -2.29. The first-order chi connectivity index (χ1) is 9.29. The van der Waals surface area contributed by atoms with Gasteiger partial charge in [-0.25, -0.2) is 0 Å². The monoisotopic (exact) mass is 394 g/mol. The van der Waals surface area contributed by atoms with Gasteiger partial charge in [0, 0.05) is 26.2 Å². The Kier molecular flexibility index (Phi) is 8.84. The molecule has 2 rings (SSSR count). The Hall–Kier alpha value is -0.0400. The lowest BCUT2D eigenvalue weighted by molar-refractivity contribution is 0.197. The summed E-state index contributed by atoms with van der Waals surface area (Å²) < 4.78 is 0. The summed E-state index contributed by atoms with van der Waals surface area (Å²) in [4.78, 5) is 9.77. The number of likely N-dealkylation sites (tertiary alicyclic amines) is 2. The van der Waals surface area contributed by atoms with Crippen molar-refractivity contribution >= 4 is 29.9 Å². The summed E-state index contributed by atoms with van der Waals surface area (Å²) in [5.74, 6) is 2.05. The smallest absolute Gasteiger partial charge is 0.193 e. The molecule has 4 nitrogen and oxygen atoms in total. The van der Waals surface area contributed by atoms with Gasteiger partial charge in [-0.3, -0.25) is 4.99 Å². The van der Waals surface area contributed by atoms with Gasteiger partial charge in [0.15, 0.2) is 5.96 Å². The molecular weight excluding hydrogens is 363 g/mol. The van der Waals surface area contributed by atoms with Crippen LogP contribution in [0.5, 0.6) is 0 Å². The summed E-state index contributed by atoms with van der Waals surface area (Å²) in [6.07, 6.45) is 5.34.